The Morgan fingerprint density at radius 2 is 1.07 bits per heavy atom. The SMILES string of the molecule is [O-]c1ccc(O)cc1[P+](C1CCCCC1)(C1CCCCC1)C1CCCCC1. The van der Waals surface area contributed by atoms with Crippen molar-refractivity contribution < 1.29 is 10.2 Å². The van der Waals surface area contributed by atoms with Gasteiger partial charge in [-0.2, -0.15) is 0 Å². The molecule has 0 aliphatic heterocycles. The van der Waals surface area contributed by atoms with Gasteiger partial charge in [0.25, 0.3) is 0 Å². The quantitative estimate of drug-likeness (QED) is 0.633. The van der Waals surface area contributed by atoms with Crippen LogP contribution in [0.4, 0.5) is 0 Å². The molecule has 0 radical (unpaired) electrons. The van der Waals surface area contributed by atoms with Gasteiger partial charge in [0.2, 0.25) is 0 Å². The van der Waals surface area contributed by atoms with Gasteiger partial charge < -0.3 is 10.2 Å². The molecule has 0 saturated heterocycles. The highest BCUT2D eigenvalue weighted by atomic mass is 31.2. The van der Waals surface area contributed by atoms with E-state index in [4.69, 9.17) is 0 Å². The van der Waals surface area contributed by atoms with Gasteiger partial charge in [-0.1, -0.05) is 31.1 Å². The Balaban J connectivity index is 1.87. The molecule has 0 unspecified atom stereocenters. The lowest BCUT2D eigenvalue weighted by Crippen LogP contribution is -2.42. The van der Waals surface area contributed by atoms with Gasteiger partial charge in [-0.05, 0) is 83.1 Å². The van der Waals surface area contributed by atoms with E-state index in [0.29, 0.717) is 5.75 Å². The van der Waals surface area contributed by atoms with Crippen molar-refractivity contribution in [2.45, 2.75) is 113 Å². The third kappa shape index (κ3) is 3.76. The Morgan fingerprint density at radius 3 is 1.48 bits per heavy atom. The highest BCUT2D eigenvalue weighted by molar-refractivity contribution is 7.85. The minimum absolute atomic E-state index is 0.239. The molecule has 3 fully saturated rings. The molecule has 4 rings (SSSR count). The van der Waals surface area contributed by atoms with Gasteiger partial charge >= 0.3 is 0 Å². The van der Waals surface area contributed by atoms with Gasteiger partial charge in [-0.15, -0.1) is 0 Å². The Morgan fingerprint density at radius 1 is 0.667 bits per heavy atom. The van der Waals surface area contributed by atoms with Gasteiger partial charge in [-0.25, -0.2) is 0 Å². The molecule has 0 spiro atoms. The van der Waals surface area contributed by atoms with Gasteiger partial charge in [0.05, 0.1) is 29.5 Å². The van der Waals surface area contributed by atoms with Crippen LogP contribution in [-0.2, 0) is 0 Å². The number of rotatable bonds is 4. The fourth-order valence-corrected chi connectivity index (χ4v) is 14.3. The average Bonchev–Trinajstić information content (AvgIpc) is 2.73. The molecule has 3 aliphatic carbocycles. The van der Waals surface area contributed by atoms with Gasteiger partial charge in [0.15, 0.2) is 0 Å². The molecule has 0 bridgehead atoms. The smallest absolute Gasteiger partial charge is 0.119 e. The van der Waals surface area contributed by atoms with E-state index >= 15 is 0 Å². The van der Waals surface area contributed by atoms with Crippen molar-refractivity contribution in [3.8, 4) is 11.5 Å². The largest absolute Gasteiger partial charge is 0.870 e. The Bertz CT molecular complexity index is 565. The molecule has 150 valence electrons. The fourth-order valence-electron chi connectivity index (χ4n) is 6.82. The minimum atomic E-state index is -1.61. The van der Waals surface area contributed by atoms with Crippen LogP contribution in [0.15, 0.2) is 18.2 Å². The molecule has 3 aliphatic rings. The molecular weight excluding hydrogens is 351 g/mol. The van der Waals surface area contributed by atoms with E-state index in [1.807, 2.05) is 6.07 Å². The second-order valence-corrected chi connectivity index (χ2v) is 13.7. The number of benzene rings is 1. The van der Waals surface area contributed by atoms with Crippen LogP contribution in [0, 0.1) is 0 Å². The van der Waals surface area contributed by atoms with Gasteiger partial charge in [0, 0.05) is 6.07 Å². The van der Waals surface area contributed by atoms with Gasteiger partial charge in [0.1, 0.15) is 5.75 Å². The predicted molar refractivity (Wildman–Crippen MR) is 115 cm³/mol. The van der Waals surface area contributed by atoms with E-state index in [-0.39, 0.29) is 5.75 Å². The molecule has 3 saturated carbocycles. The first-order chi connectivity index (χ1) is 13.2. The first-order valence-corrected chi connectivity index (χ1v) is 13.6. The second kappa shape index (κ2) is 8.73. The van der Waals surface area contributed by atoms with Crippen molar-refractivity contribution in [3.05, 3.63) is 18.2 Å². The van der Waals surface area contributed by atoms with Crippen molar-refractivity contribution in [2.24, 2.45) is 0 Å². The molecule has 1 aromatic rings. The van der Waals surface area contributed by atoms with Crippen molar-refractivity contribution in [3.63, 3.8) is 0 Å². The molecule has 0 amide bonds. The molecule has 1 N–H and O–H groups in total. The molecule has 2 nitrogen and oxygen atoms in total. The number of hydrogen-bond donors (Lipinski definition) is 1. The first-order valence-electron chi connectivity index (χ1n) is 11.6. The Hall–Kier alpha value is -0.750. The summed E-state index contributed by atoms with van der Waals surface area (Å²) in [6.07, 6.45) is 20.2. The molecule has 0 aromatic heterocycles. The van der Waals surface area contributed by atoms with Crippen molar-refractivity contribution >= 4 is 12.6 Å². The highest BCUT2D eigenvalue weighted by Gasteiger charge is 2.58. The van der Waals surface area contributed by atoms with Crippen LogP contribution in [-0.4, -0.2) is 22.1 Å². The zero-order valence-corrected chi connectivity index (χ0v) is 17.8. The summed E-state index contributed by atoms with van der Waals surface area (Å²) in [5.74, 6) is 0.555. The number of hydrogen-bond acceptors (Lipinski definition) is 2. The summed E-state index contributed by atoms with van der Waals surface area (Å²) in [6.45, 7) is 0. The van der Waals surface area contributed by atoms with E-state index < -0.39 is 7.26 Å². The van der Waals surface area contributed by atoms with E-state index in [1.54, 1.807) is 12.1 Å². The van der Waals surface area contributed by atoms with Crippen LogP contribution in [0.3, 0.4) is 0 Å². The van der Waals surface area contributed by atoms with Crippen LogP contribution in [0.5, 0.6) is 11.5 Å². The number of phenolic OH excluding ortho intramolecular Hbond substituents is 1. The summed E-state index contributed by atoms with van der Waals surface area (Å²) in [7, 11) is -1.61. The zero-order chi connectivity index (χ0) is 18.7. The predicted octanol–water partition coefficient (Wildman–Crippen LogP) is 6.11. The highest BCUT2D eigenvalue weighted by Crippen LogP contribution is 2.77. The lowest BCUT2D eigenvalue weighted by molar-refractivity contribution is -0.266. The Kier molecular flexibility index (Phi) is 6.32. The van der Waals surface area contributed by atoms with Crippen molar-refractivity contribution in [2.75, 3.05) is 0 Å². The summed E-state index contributed by atoms with van der Waals surface area (Å²) in [4.78, 5) is 0. The summed E-state index contributed by atoms with van der Waals surface area (Å²) < 4.78 is 0. The van der Waals surface area contributed by atoms with E-state index in [1.165, 1.54) is 96.3 Å². The van der Waals surface area contributed by atoms with Crippen LogP contribution < -0.4 is 10.4 Å². The van der Waals surface area contributed by atoms with E-state index in [0.717, 1.165) is 22.3 Å². The Labute approximate surface area is 166 Å². The molecule has 1 aromatic carbocycles. The summed E-state index contributed by atoms with van der Waals surface area (Å²) in [5.41, 5.74) is 2.23. The fraction of sp³-hybridized carbons (Fsp3) is 0.750. The lowest BCUT2D eigenvalue weighted by atomic mass is 9.99. The minimum Gasteiger partial charge on any atom is -0.870 e. The maximum Gasteiger partial charge on any atom is 0.119 e. The second-order valence-electron chi connectivity index (χ2n) is 9.36. The molecule has 0 atom stereocenters. The van der Waals surface area contributed by atoms with Gasteiger partial charge in [-0.3, -0.25) is 0 Å². The van der Waals surface area contributed by atoms with E-state index in [9.17, 15) is 10.2 Å². The maximum atomic E-state index is 13.3. The average molecular weight is 389 g/mol. The molecular formula is C24H37O2P. The standard InChI is InChI=1S/C24H37O2P/c25-19-16-17-23(26)24(18-19)27(20-10-4-1-5-11-20,21-12-6-2-7-13-21)22-14-8-3-9-15-22/h16-18,20-22H,1-15H2,(H-,25,26). The van der Waals surface area contributed by atoms with E-state index in [2.05, 4.69) is 0 Å². The summed E-state index contributed by atoms with van der Waals surface area (Å²) in [5, 5.41) is 24.7. The monoisotopic (exact) mass is 388 g/mol. The summed E-state index contributed by atoms with van der Waals surface area (Å²) >= 11 is 0. The van der Waals surface area contributed by atoms with Crippen LogP contribution in [0.2, 0.25) is 0 Å². The third-order valence-corrected chi connectivity index (χ3v) is 14.3. The number of aromatic hydroxyl groups is 1. The number of phenols is 1. The molecule has 0 heterocycles. The normalized spacial score (nSPS) is 24.1. The maximum absolute atomic E-state index is 13.3. The van der Waals surface area contributed by atoms with Crippen LogP contribution in [0.1, 0.15) is 96.3 Å². The topological polar surface area (TPSA) is 43.3 Å². The first kappa shape index (κ1) is 19.6. The molecule has 3 heteroatoms. The van der Waals surface area contributed by atoms with Crippen molar-refractivity contribution in [1.29, 1.82) is 0 Å². The summed E-state index contributed by atoms with van der Waals surface area (Å²) in [6, 6.07) is 5.23. The van der Waals surface area contributed by atoms with Crippen LogP contribution >= 0.6 is 7.26 Å². The lowest BCUT2D eigenvalue weighted by Gasteiger charge is -2.49. The third-order valence-electron chi connectivity index (χ3n) is 7.90. The zero-order valence-electron chi connectivity index (χ0n) is 16.9. The molecule has 27 heavy (non-hydrogen) atoms. The van der Waals surface area contributed by atoms with Crippen molar-refractivity contribution in [1.82, 2.24) is 0 Å². The van der Waals surface area contributed by atoms with Crippen LogP contribution in [0.25, 0.3) is 0 Å².